The van der Waals surface area contributed by atoms with E-state index in [-0.39, 0.29) is 5.91 Å². The van der Waals surface area contributed by atoms with Gasteiger partial charge in [0.15, 0.2) is 0 Å². The molecular weight excluding hydrogens is 328 g/mol. The van der Waals surface area contributed by atoms with Gasteiger partial charge in [0.2, 0.25) is 0 Å². The summed E-state index contributed by atoms with van der Waals surface area (Å²) in [4.78, 5) is 18.6. The molecular formula is C21H22N2OS. The molecule has 1 aromatic carbocycles. The van der Waals surface area contributed by atoms with Crippen molar-refractivity contribution in [2.45, 2.75) is 31.6 Å². The Kier molecular flexibility index (Phi) is 5.71. The van der Waals surface area contributed by atoms with Crippen LogP contribution in [0.4, 0.5) is 0 Å². The van der Waals surface area contributed by atoms with Gasteiger partial charge in [-0.1, -0.05) is 37.3 Å². The van der Waals surface area contributed by atoms with Crippen LogP contribution in [0.5, 0.6) is 0 Å². The van der Waals surface area contributed by atoms with Crippen molar-refractivity contribution in [2.24, 2.45) is 4.99 Å². The highest BCUT2D eigenvalue weighted by atomic mass is 32.2. The van der Waals surface area contributed by atoms with Gasteiger partial charge in [0.05, 0.1) is 11.4 Å². The van der Waals surface area contributed by atoms with Crippen LogP contribution in [0.25, 0.3) is 0 Å². The zero-order chi connectivity index (χ0) is 17.6. The van der Waals surface area contributed by atoms with Crippen LogP contribution in [-0.2, 0) is 0 Å². The van der Waals surface area contributed by atoms with Gasteiger partial charge in [-0.25, -0.2) is 0 Å². The van der Waals surface area contributed by atoms with E-state index in [1.54, 1.807) is 11.8 Å². The second-order valence-corrected chi connectivity index (χ2v) is 7.26. The van der Waals surface area contributed by atoms with E-state index in [2.05, 4.69) is 36.5 Å². The Morgan fingerprint density at radius 3 is 2.72 bits per heavy atom. The molecule has 25 heavy (non-hydrogen) atoms. The molecule has 0 unspecified atom stereocenters. The maximum Gasteiger partial charge on any atom is 0.255 e. The molecule has 0 saturated heterocycles. The topological polar surface area (TPSA) is 41.5 Å². The van der Waals surface area contributed by atoms with Crippen LogP contribution < -0.4 is 5.32 Å². The molecule has 4 heteroatoms. The van der Waals surface area contributed by atoms with E-state index < -0.39 is 0 Å². The van der Waals surface area contributed by atoms with Crippen molar-refractivity contribution in [2.75, 3.05) is 5.75 Å². The third-order valence-corrected chi connectivity index (χ3v) is 4.87. The molecule has 0 fully saturated rings. The number of benzene rings is 1. The van der Waals surface area contributed by atoms with E-state index in [0.29, 0.717) is 5.56 Å². The van der Waals surface area contributed by atoms with Gasteiger partial charge in [-0.2, -0.15) is 0 Å². The molecule has 3 nitrogen and oxygen atoms in total. The fraction of sp³-hybridized carbons (Fsp3) is 0.238. The minimum absolute atomic E-state index is 0.103. The summed E-state index contributed by atoms with van der Waals surface area (Å²) in [5.41, 5.74) is 4.35. The average molecular weight is 350 g/mol. The van der Waals surface area contributed by atoms with Crippen molar-refractivity contribution in [1.29, 1.82) is 0 Å². The van der Waals surface area contributed by atoms with E-state index >= 15 is 0 Å². The Hall–Kier alpha value is -2.33. The SMILES string of the molecule is CCSc1ccc(C(=O)NC2=CCC=CC3=C2N=C(C)CC=C3)cc1. The third-order valence-electron chi connectivity index (χ3n) is 3.97. The summed E-state index contributed by atoms with van der Waals surface area (Å²) in [5.74, 6) is 0.918. The first kappa shape index (κ1) is 17.5. The summed E-state index contributed by atoms with van der Waals surface area (Å²) in [6.07, 6.45) is 12.0. The number of hydrogen-bond acceptors (Lipinski definition) is 3. The smallest absolute Gasteiger partial charge is 0.255 e. The molecule has 1 aromatic rings. The van der Waals surface area contributed by atoms with Crippen LogP contribution in [-0.4, -0.2) is 17.4 Å². The molecule has 0 saturated carbocycles. The largest absolute Gasteiger partial charge is 0.320 e. The highest BCUT2D eigenvalue weighted by molar-refractivity contribution is 7.99. The Morgan fingerprint density at radius 2 is 1.96 bits per heavy atom. The Balaban J connectivity index is 1.83. The second kappa shape index (κ2) is 8.17. The summed E-state index contributed by atoms with van der Waals surface area (Å²) in [7, 11) is 0. The fourth-order valence-corrected chi connectivity index (χ4v) is 3.40. The van der Waals surface area contributed by atoms with Crippen molar-refractivity contribution < 1.29 is 4.79 Å². The van der Waals surface area contributed by atoms with Crippen molar-refractivity contribution in [3.05, 3.63) is 77.2 Å². The zero-order valence-electron chi connectivity index (χ0n) is 14.6. The van der Waals surface area contributed by atoms with Gasteiger partial charge in [0.1, 0.15) is 0 Å². The van der Waals surface area contributed by atoms with E-state index in [1.165, 1.54) is 4.90 Å². The van der Waals surface area contributed by atoms with E-state index in [4.69, 9.17) is 4.99 Å². The lowest BCUT2D eigenvalue weighted by Crippen LogP contribution is -2.24. The number of nitrogens with zero attached hydrogens (tertiary/aromatic N) is 1. The standard InChI is InChI=1S/C21H22N2OS/c1-3-25-18-13-11-17(12-14-18)21(24)23-19-10-5-4-8-16-9-6-7-15(2)22-20(16)19/h4,6,8-14H,3,5,7H2,1-2H3,(H,23,24). The minimum Gasteiger partial charge on any atom is -0.320 e. The van der Waals surface area contributed by atoms with Crippen LogP contribution in [0.2, 0.25) is 0 Å². The van der Waals surface area contributed by atoms with Crippen LogP contribution in [0.3, 0.4) is 0 Å². The van der Waals surface area contributed by atoms with Gasteiger partial charge in [-0.3, -0.25) is 9.79 Å². The molecule has 128 valence electrons. The van der Waals surface area contributed by atoms with E-state index in [9.17, 15) is 4.79 Å². The van der Waals surface area contributed by atoms with Gasteiger partial charge < -0.3 is 5.32 Å². The van der Waals surface area contributed by atoms with Crippen molar-refractivity contribution >= 4 is 23.4 Å². The average Bonchev–Trinajstić information content (AvgIpc) is 2.90. The van der Waals surface area contributed by atoms with Crippen LogP contribution in [0, 0.1) is 0 Å². The lowest BCUT2D eigenvalue weighted by Gasteiger charge is -2.12. The van der Waals surface area contributed by atoms with Crippen molar-refractivity contribution in [1.82, 2.24) is 5.32 Å². The summed E-state index contributed by atoms with van der Waals surface area (Å²) in [6, 6.07) is 7.74. The number of amides is 1. The minimum atomic E-state index is -0.103. The Labute approximate surface area is 153 Å². The summed E-state index contributed by atoms with van der Waals surface area (Å²) >= 11 is 1.77. The number of aliphatic imine (C=N–C) groups is 1. The lowest BCUT2D eigenvalue weighted by molar-refractivity contribution is 0.0966. The molecule has 1 amide bonds. The molecule has 0 aromatic heterocycles. The molecule has 0 spiro atoms. The van der Waals surface area contributed by atoms with Crippen LogP contribution in [0.1, 0.15) is 37.0 Å². The molecule has 0 bridgehead atoms. The summed E-state index contributed by atoms with van der Waals surface area (Å²) in [6.45, 7) is 4.13. The monoisotopic (exact) mass is 350 g/mol. The Morgan fingerprint density at radius 1 is 1.20 bits per heavy atom. The molecule has 0 radical (unpaired) electrons. The molecule has 1 aliphatic heterocycles. The first-order valence-corrected chi connectivity index (χ1v) is 9.52. The van der Waals surface area contributed by atoms with E-state index in [1.807, 2.05) is 37.3 Å². The highest BCUT2D eigenvalue weighted by Gasteiger charge is 2.16. The molecule has 1 heterocycles. The first-order chi connectivity index (χ1) is 12.2. The quantitative estimate of drug-likeness (QED) is 0.772. The highest BCUT2D eigenvalue weighted by Crippen LogP contribution is 2.24. The van der Waals surface area contributed by atoms with Crippen molar-refractivity contribution in [3.8, 4) is 0 Å². The van der Waals surface area contributed by atoms with Gasteiger partial charge >= 0.3 is 0 Å². The fourth-order valence-electron chi connectivity index (χ4n) is 2.74. The number of hydrogen-bond donors (Lipinski definition) is 1. The summed E-state index contributed by atoms with van der Waals surface area (Å²) < 4.78 is 0. The maximum absolute atomic E-state index is 12.7. The molecule has 1 N–H and O–H groups in total. The second-order valence-electron chi connectivity index (χ2n) is 5.92. The van der Waals surface area contributed by atoms with Gasteiger partial charge in [-0.05, 0) is 43.4 Å². The van der Waals surface area contributed by atoms with Crippen LogP contribution >= 0.6 is 11.8 Å². The van der Waals surface area contributed by atoms with Crippen molar-refractivity contribution in [3.63, 3.8) is 0 Å². The number of thioether (sulfide) groups is 1. The van der Waals surface area contributed by atoms with Crippen LogP contribution in [0.15, 0.2) is 81.5 Å². The van der Waals surface area contributed by atoms with Gasteiger partial charge in [0, 0.05) is 28.2 Å². The number of carbonyl (C=O) groups is 1. The molecule has 1 aliphatic carbocycles. The predicted octanol–water partition coefficient (Wildman–Crippen LogP) is 5.05. The first-order valence-electron chi connectivity index (χ1n) is 8.53. The van der Waals surface area contributed by atoms with Gasteiger partial charge in [-0.15, -0.1) is 11.8 Å². The molecule has 2 aliphatic rings. The number of allylic oxidation sites excluding steroid dienone is 6. The van der Waals surface area contributed by atoms with E-state index in [0.717, 1.165) is 41.3 Å². The molecule has 0 atom stereocenters. The number of nitrogens with one attached hydrogen (secondary N) is 1. The number of rotatable bonds is 4. The maximum atomic E-state index is 12.7. The lowest BCUT2D eigenvalue weighted by atomic mass is 10.1. The summed E-state index contributed by atoms with van der Waals surface area (Å²) in [5, 5.41) is 3.05. The zero-order valence-corrected chi connectivity index (χ0v) is 15.4. The predicted molar refractivity (Wildman–Crippen MR) is 106 cm³/mol. The number of carbonyl (C=O) groups excluding carboxylic acids is 1. The third kappa shape index (κ3) is 4.40. The normalized spacial score (nSPS) is 16.6. The molecule has 3 rings (SSSR count). The Bertz CT molecular complexity index is 811. The van der Waals surface area contributed by atoms with Gasteiger partial charge in [0.25, 0.3) is 5.91 Å².